The van der Waals surface area contributed by atoms with Gasteiger partial charge in [-0.2, -0.15) is 0 Å². The van der Waals surface area contributed by atoms with E-state index in [1.54, 1.807) is 0 Å². The van der Waals surface area contributed by atoms with Crippen molar-refractivity contribution in [2.45, 2.75) is 0 Å². The number of halogens is 3. The molecule has 54 valence electrons. The van der Waals surface area contributed by atoms with E-state index < -0.39 is 0 Å². The number of rotatable bonds is 0. The molecule has 6 heteroatoms. The number of hydrogen-bond donors (Lipinski definition) is 0. The first-order valence-electron chi connectivity index (χ1n) is 0. The Balaban J connectivity index is 0. The van der Waals surface area contributed by atoms with Gasteiger partial charge in [0.1, 0.15) is 0 Å². The van der Waals surface area contributed by atoms with Crippen LogP contribution in [-0.2, 0) is 67.1 Å². The Morgan fingerprint density at radius 1 is 0.500 bits per heavy atom. The first kappa shape index (κ1) is 56.4. The van der Waals surface area contributed by atoms with Crippen LogP contribution in [0.3, 0.4) is 0 Å². The minimum atomic E-state index is 0. The average Bonchev–Trinajstić information content (AvgIpc) is 0. The fourth-order valence-corrected chi connectivity index (χ4v) is 0. The fraction of sp³-hybridized carbons (Fsp3) is 0. The van der Waals surface area contributed by atoms with Gasteiger partial charge in [-0.05, 0) is 0 Å². The van der Waals surface area contributed by atoms with Crippen molar-refractivity contribution in [3.05, 3.63) is 0 Å². The Labute approximate surface area is 111 Å². The summed E-state index contributed by atoms with van der Waals surface area (Å²) in [6.07, 6.45) is 0. The van der Waals surface area contributed by atoms with Crippen LogP contribution >= 0.6 is 0 Å². The molecule has 0 aromatic rings. The van der Waals surface area contributed by atoms with Gasteiger partial charge >= 0.3 is 67.1 Å². The van der Waals surface area contributed by atoms with E-state index in [0.29, 0.717) is 0 Å². The zero-order chi connectivity index (χ0) is 0. The van der Waals surface area contributed by atoms with Crippen LogP contribution < -0.4 is 46.4 Å². The van der Waals surface area contributed by atoms with Crippen molar-refractivity contribution in [2.75, 3.05) is 0 Å². The summed E-state index contributed by atoms with van der Waals surface area (Å²) in [7, 11) is 0. The molecular weight excluding hydrogens is 519 g/mol. The third-order valence-corrected chi connectivity index (χ3v) is 0. The van der Waals surface area contributed by atoms with Crippen LogP contribution in [0.5, 0.6) is 0 Å². The van der Waals surface area contributed by atoms with Crippen molar-refractivity contribution < 1.29 is 114 Å². The van der Waals surface area contributed by atoms with E-state index in [9.17, 15) is 0 Å². The van der Waals surface area contributed by atoms with E-state index in [0.717, 1.165) is 0 Å². The first-order chi connectivity index (χ1) is 0. The van der Waals surface area contributed by atoms with Gasteiger partial charge in [0.05, 0.1) is 0 Å². The van der Waals surface area contributed by atoms with Gasteiger partial charge in [-0.25, -0.2) is 0 Å². The Bertz CT molecular complexity index is 8.75. The van der Waals surface area contributed by atoms with E-state index in [2.05, 4.69) is 0 Å². The van der Waals surface area contributed by atoms with Crippen LogP contribution in [0.4, 0.5) is 0 Å². The molecule has 0 aromatic carbocycles. The predicted molar refractivity (Wildman–Crippen MR) is 0 cm³/mol. The van der Waals surface area contributed by atoms with Crippen LogP contribution in [0, 0.1) is 0 Å². The molecule has 0 unspecified atom stereocenters. The average molecular weight is 519 g/mol. The molecule has 0 bridgehead atoms. The van der Waals surface area contributed by atoms with Crippen LogP contribution in [0.2, 0.25) is 0 Å². The van der Waals surface area contributed by atoms with Gasteiger partial charge in [-0.15, -0.1) is 0 Å². The van der Waals surface area contributed by atoms with Gasteiger partial charge in [0, 0.05) is 0 Å². The van der Waals surface area contributed by atoms with Gasteiger partial charge < -0.3 is 46.4 Å². The van der Waals surface area contributed by atoms with Gasteiger partial charge in [0.25, 0.3) is 0 Å². The van der Waals surface area contributed by atoms with E-state index >= 15 is 0 Å². The van der Waals surface area contributed by atoms with Gasteiger partial charge in [0.2, 0.25) is 0 Å². The number of hydrogen-bond acceptors (Lipinski definition) is 0. The smallest absolute Gasteiger partial charge is 1.00 e. The molecule has 0 fully saturated rings. The summed E-state index contributed by atoms with van der Waals surface area (Å²) in [5.41, 5.74) is 0. The zero-order valence-electron chi connectivity index (χ0n) is 2.04. The predicted octanol–water partition coefficient (Wildman–Crippen LogP) is -9.00. The summed E-state index contributed by atoms with van der Waals surface area (Å²) >= 11 is 0. The quantitative estimate of drug-likeness (QED) is 0.280. The second kappa shape index (κ2) is 39.2. The maximum absolute atomic E-state index is 0. The van der Waals surface area contributed by atoms with E-state index in [1.165, 1.54) is 0 Å². The van der Waals surface area contributed by atoms with E-state index in [1.807, 2.05) is 0 Å². The molecule has 0 spiro atoms. The molecule has 0 rings (SSSR count). The minimum Gasteiger partial charge on any atom is -1.00 e. The van der Waals surface area contributed by atoms with Crippen molar-refractivity contribution >= 4 is 0 Å². The van der Waals surface area contributed by atoms with Crippen molar-refractivity contribution in [3.8, 4) is 0 Å². The van der Waals surface area contributed by atoms with Crippen molar-refractivity contribution in [2.24, 2.45) is 0 Å². The summed E-state index contributed by atoms with van der Waals surface area (Å²) < 4.78 is 0. The maximum atomic E-state index is 0. The summed E-state index contributed by atoms with van der Waals surface area (Å²) in [5, 5.41) is 0. The molecule has 0 saturated carbocycles. The molecule has 0 aliphatic rings. The van der Waals surface area contributed by atoms with Gasteiger partial charge in [0.15, 0.2) is 0 Å². The maximum Gasteiger partial charge on any atom is 1.00 e. The molecule has 0 amide bonds. The normalized spacial score (nSPS) is 0. The molecule has 0 saturated heterocycles. The summed E-state index contributed by atoms with van der Waals surface area (Å²) in [6, 6.07) is 0. The zero-order valence-corrected chi connectivity index (χ0v) is 10.4. The SMILES string of the molecule is [Ag+].[Ag+].[Ag+].[Br-].[Br-].[Cl-]. The summed E-state index contributed by atoms with van der Waals surface area (Å²) in [4.78, 5) is 0. The molecule has 0 aromatic heterocycles. The third-order valence-electron chi connectivity index (χ3n) is 0. The van der Waals surface area contributed by atoms with Crippen molar-refractivity contribution in [1.29, 1.82) is 0 Å². The molecule has 0 N–H and O–H groups in total. The monoisotopic (exact) mass is 514 g/mol. The van der Waals surface area contributed by atoms with E-state index in [4.69, 9.17) is 0 Å². The largest absolute Gasteiger partial charge is 1.00 e. The second-order valence-corrected chi connectivity index (χ2v) is 0. The van der Waals surface area contributed by atoms with Crippen LogP contribution in [0.25, 0.3) is 0 Å². The van der Waals surface area contributed by atoms with Crippen LogP contribution in [-0.4, -0.2) is 0 Å². The first-order valence-corrected chi connectivity index (χ1v) is 0. The van der Waals surface area contributed by atoms with Crippen LogP contribution in [0.1, 0.15) is 0 Å². The molecule has 0 radical (unpaired) electrons. The van der Waals surface area contributed by atoms with Crippen molar-refractivity contribution in [3.63, 3.8) is 0 Å². The Hall–Kier alpha value is 3.47. The molecule has 6 heavy (non-hydrogen) atoms. The molecule has 0 heterocycles. The standard InChI is InChI=1S/3Ag.2BrH.ClH/h;;;3*1H/q3*+1;;;/p-3. The summed E-state index contributed by atoms with van der Waals surface area (Å²) in [5.74, 6) is 0. The Morgan fingerprint density at radius 2 is 0.500 bits per heavy atom. The molecule has 0 atom stereocenters. The Kier molecular flexibility index (Phi) is 369. The van der Waals surface area contributed by atoms with E-state index in [-0.39, 0.29) is 114 Å². The second-order valence-electron chi connectivity index (χ2n) is 0. The minimum absolute atomic E-state index is 0. The van der Waals surface area contributed by atoms with Gasteiger partial charge in [-0.1, -0.05) is 0 Å². The molecule has 0 aliphatic carbocycles. The fourth-order valence-electron chi connectivity index (χ4n) is 0. The topological polar surface area (TPSA) is 0 Å². The summed E-state index contributed by atoms with van der Waals surface area (Å²) in [6.45, 7) is 0. The van der Waals surface area contributed by atoms with Crippen LogP contribution in [0.15, 0.2) is 0 Å². The third kappa shape index (κ3) is 26.0. The molecular formula is Ag3Br2Cl. The van der Waals surface area contributed by atoms with Gasteiger partial charge in [-0.3, -0.25) is 0 Å². The molecule has 0 nitrogen and oxygen atoms in total. The molecule has 0 aliphatic heterocycles. The van der Waals surface area contributed by atoms with Crippen molar-refractivity contribution in [1.82, 2.24) is 0 Å². The Morgan fingerprint density at radius 3 is 0.500 bits per heavy atom.